The third-order valence-electron chi connectivity index (χ3n) is 2.89. The topological polar surface area (TPSA) is 129 Å². The van der Waals surface area contributed by atoms with E-state index in [1.165, 1.54) is 4.90 Å². The molecule has 8 heteroatoms. The number of carbonyl (C=O) groups is 1. The molecule has 0 atom stereocenters. The maximum Gasteiger partial charge on any atom is 0.407 e. The van der Waals surface area contributed by atoms with E-state index in [1.54, 1.807) is 0 Å². The molecule has 0 spiro atoms. The molecule has 1 aliphatic rings. The predicted molar refractivity (Wildman–Crippen MR) is 58.0 cm³/mol. The van der Waals surface area contributed by atoms with Crippen LogP contribution in [0.4, 0.5) is 4.79 Å². The summed E-state index contributed by atoms with van der Waals surface area (Å²) in [6.07, 6.45) is -0.398. The molecule has 1 amide bonds. The van der Waals surface area contributed by atoms with Crippen LogP contribution in [-0.2, 0) is 4.74 Å². The number of nitrogens with two attached hydrogens (primary N) is 1. The van der Waals surface area contributed by atoms with E-state index in [-0.39, 0.29) is 32.1 Å². The number of ether oxygens (including phenoxy) is 1. The number of likely N-dealkylation sites (tertiary alicyclic amines) is 1. The summed E-state index contributed by atoms with van der Waals surface area (Å²) in [5.41, 5.74) is 4.59. The molecule has 5 N–H and O–H groups in total. The minimum atomic E-state index is -1.000. The molecule has 8 nitrogen and oxygen atoms in total. The van der Waals surface area contributed by atoms with Crippen molar-refractivity contribution in [3.63, 3.8) is 0 Å². The zero-order valence-electron chi connectivity index (χ0n) is 9.37. The van der Waals surface area contributed by atoms with Gasteiger partial charge >= 0.3 is 6.09 Å². The molecular formula is C9H17N3O5. The quantitative estimate of drug-likeness (QED) is 0.224. The summed E-state index contributed by atoms with van der Waals surface area (Å²) in [7, 11) is 0. The number of hydrogen-bond acceptors (Lipinski definition) is 5. The molecule has 0 aliphatic carbocycles. The first-order valence-electron chi connectivity index (χ1n) is 5.26. The fourth-order valence-electron chi connectivity index (χ4n) is 1.87. The average Bonchev–Trinajstić information content (AvgIpc) is 2.35. The van der Waals surface area contributed by atoms with Crippen molar-refractivity contribution in [1.82, 2.24) is 4.90 Å². The van der Waals surface area contributed by atoms with Crippen molar-refractivity contribution in [3.8, 4) is 0 Å². The zero-order chi connectivity index (χ0) is 12.9. The fourth-order valence-corrected chi connectivity index (χ4v) is 1.87. The van der Waals surface area contributed by atoms with Gasteiger partial charge in [-0.1, -0.05) is 5.16 Å². The summed E-state index contributed by atoms with van der Waals surface area (Å²) in [6, 6.07) is 0. The number of hydrogen-bond donors (Lipinski definition) is 4. The number of piperidine rings is 1. The Morgan fingerprint density at radius 3 is 2.47 bits per heavy atom. The highest BCUT2D eigenvalue weighted by Gasteiger charge is 2.40. The number of aliphatic hydroxyl groups is 1. The second-order valence-electron chi connectivity index (χ2n) is 3.82. The normalized spacial score (nSPS) is 20.3. The van der Waals surface area contributed by atoms with Crippen molar-refractivity contribution < 1.29 is 25.0 Å². The lowest BCUT2D eigenvalue weighted by atomic mass is 9.90. The summed E-state index contributed by atoms with van der Waals surface area (Å²) in [5, 5.41) is 29.2. The molecule has 1 saturated heterocycles. The molecule has 1 fully saturated rings. The van der Waals surface area contributed by atoms with Gasteiger partial charge in [-0.05, 0) is 0 Å². The van der Waals surface area contributed by atoms with Crippen LogP contribution < -0.4 is 5.73 Å². The van der Waals surface area contributed by atoms with Crippen molar-refractivity contribution in [3.05, 3.63) is 0 Å². The second kappa shape index (κ2) is 5.69. The number of aliphatic hydroxyl groups excluding tert-OH is 1. The number of oxime groups is 1. The minimum absolute atomic E-state index is 0.0588. The van der Waals surface area contributed by atoms with E-state index >= 15 is 0 Å². The largest absolute Gasteiger partial charge is 0.465 e. The van der Waals surface area contributed by atoms with Crippen LogP contribution in [0.5, 0.6) is 0 Å². The summed E-state index contributed by atoms with van der Waals surface area (Å²) in [5.74, 6) is -0.0870. The van der Waals surface area contributed by atoms with E-state index in [0.717, 1.165) is 0 Å². The maximum atomic E-state index is 10.8. The fraction of sp³-hybridized carbons (Fsp3) is 0.778. The van der Waals surface area contributed by atoms with E-state index < -0.39 is 11.7 Å². The highest BCUT2D eigenvalue weighted by Crippen LogP contribution is 2.26. The number of amidine groups is 1. The molecule has 1 rings (SSSR count). The van der Waals surface area contributed by atoms with Gasteiger partial charge in [0.05, 0.1) is 13.2 Å². The third kappa shape index (κ3) is 2.98. The highest BCUT2D eigenvalue weighted by atomic mass is 16.5. The molecule has 0 saturated carbocycles. The summed E-state index contributed by atoms with van der Waals surface area (Å²) < 4.78 is 5.42. The number of carboxylic acid groups (broad SMARTS) is 1. The Morgan fingerprint density at radius 2 is 2.06 bits per heavy atom. The number of amides is 1. The summed E-state index contributed by atoms with van der Waals surface area (Å²) >= 11 is 0. The van der Waals surface area contributed by atoms with E-state index in [9.17, 15) is 4.79 Å². The molecule has 0 radical (unpaired) electrons. The Bertz CT molecular complexity index is 299. The van der Waals surface area contributed by atoms with Crippen LogP contribution in [0.15, 0.2) is 5.16 Å². The van der Waals surface area contributed by atoms with Gasteiger partial charge in [0.15, 0.2) is 5.84 Å². The van der Waals surface area contributed by atoms with Gasteiger partial charge in [0.25, 0.3) is 0 Å². The lowest BCUT2D eigenvalue weighted by Gasteiger charge is -2.39. The van der Waals surface area contributed by atoms with Crippen molar-refractivity contribution in [1.29, 1.82) is 0 Å². The van der Waals surface area contributed by atoms with Crippen LogP contribution in [-0.4, -0.2) is 64.2 Å². The van der Waals surface area contributed by atoms with Gasteiger partial charge in [-0.2, -0.15) is 0 Å². The number of rotatable bonds is 4. The monoisotopic (exact) mass is 247 g/mol. The summed E-state index contributed by atoms with van der Waals surface area (Å²) in [4.78, 5) is 12.0. The Labute approximate surface area is 98.3 Å². The van der Waals surface area contributed by atoms with Crippen molar-refractivity contribution in [2.24, 2.45) is 10.9 Å². The first-order valence-corrected chi connectivity index (χ1v) is 5.26. The second-order valence-corrected chi connectivity index (χ2v) is 3.82. The van der Waals surface area contributed by atoms with Gasteiger partial charge in [0.1, 0.15) is 5.60 Å². The van der Waals surface area contributed by atoms with E-state index in [4.69, 9.17) is 25.9 Å². The zero-order valence-corrected chi connectivity index (χ0v) is 9.37. The molecule has 0 aromatic heterocycles. The summed E-state index contributed by atoms with van der Waals surface area (Å²) in [6.45, 7) is 0.375. The highest BCUT2D eigenvalue weighted by molar-refractivity contribution is 5.88. The van der Waals surface area contributed by atoms with Crippen molar-refractivity contribution >= 4 is 11.9 Å². The maximum absolute atomic E-state index is 10.8. The van der Waals surface area contributed by atoms with Crippen LogP contribution in [0.2, 0.25) is 0 Å². The van der Waals surface area contributed by atoms with Crippen molar-refractivity contribution in [2.75, 3.05) is 26.3 Å². The Hall–Kier alpha value is -1.54. The molecule has 98 valence electrons. The Balaban J connectivity index is 2.71. The third-order valence-corrected chi connectivity index (χ3v) is 2.89. The molecule has 0 bridgehead atoms. The molecule has 0 aromatic carbocycles. The molecule has 1 aliphatic heterocycles. The number of nitrogens with zero attached hydrogens (tertiary/aromatic N) is 2. The average molecular weight is 247 g/mol. The molecular weight excluding hydrogens is 230 g/mol. The predicted octanol–water partition coefficient (Wildman–Crippen LogP) is -0.746. The first-order chi connectivity index (χ1) is 8.05. The van der Waals surface area contributed by atoms with Gasteiger partial charge in [-0.3, -0.25) is 0 Å². The van der Waals surface area contributed by atoms with Crippen molar-refractivity contribution in [2.45, 2.75) is 18.4 Å². The molecule has 0 aromatic rings. The van der Waals surface area contributed by atoms with Gasteiger partial charge in [0.2, 0.25) is 0 Å². The molecule has 17 heavy (non-hydrogen) atoms. The first kappa shape index (κ1) is 13.5. The van der Waals surface area contributed by atoms with E-state index in [0.29, 0.717) is 12.8 Å². The van der Waals surface area contributed by atoms with Crippen LogP contribution >= 0.6 is 0 Å². The van der Waals surface area contributed by atoms with Crippen LogP contribution in [0.25, 0.3) is 0 Å². The Kier molecular flexibility index (Phi) is 4.53. The molecule has 0 unspecified atom stereocenters. The van der Waals surface area contributed by atoms with Crippen LogP contribution in [0.1, 0.15) is 12.8 Å². The Morgan fingerprint density at radius 1 is 1.47 bits per heavy atom. The van der Waals surface area contributed by atoms with E-state index in [1.807, 2.05) is 0 Å². The van der Waals surface area contributed by atoms with Crippen LogP contribution in [0.3, 0.4) is 0 Å². The van der Waals surface area contributed by atoms with Gasteiger partial charge in [-0.25, -0.2) is 4.79 Å². The lowest BCUT2D eigenvalue weighted by molar-refractivity contribution is -0.0461. The van der Waals surface area contributed by atoms with Gasteiger partial charge in [0, 0.05) is 25.9 Å². The standard InChI is InChI=1S/C9H17N3O5/c10-7(11-16)9(17-6-5-13)1-3-12(4-2-9)8(14)15/h13,16H,1-6H2,(H2,10,11)(H,14,15). The lowest BCUT2D eigenvalue weighted by Crippen LogP contribution is -2.55. The molecule has 1 heterocycles. The van der Waals surface area contributed by atoms with Crippen LogP contribution in [0, 0.1) is 0 Å². The van der Waals surface area contributed by atoms with Gasteiger partial charge < -0.3 is 30.8 Å². The SMILES string of the molecule is NC(=NO)C1(OCCO)CCN(C(=O)O)CC1. The van der Waals surface area contributed by atoms with E-state index in [2.05, 4.69) is 5.16 Å². The van der Waals surface area contributed by atoms with Gasteiger partial charge in [-0.15, -0.1) is 0 Å². The smallest absolute Gasteiger partial charge is 0.407 e. The minimum Gasteiger partial charge on any atom is -0.465 e.